The Bertz CT molecular complexity index is 367. The molecule has 0 unspecified atom stereocenters. The van der Waals surface area contributed by atoms with Crippen LogP contribution in [0.1, 0.15) is 44.3 Å². The maximum absolute atomic E-state index is 6.24. The fourth-order valence-corrected chi connectivity index (χ4v) is 2.17. The third-order valence-corrected chi connectivity index (χ3v) is 3.21. The number of rotatable bonds is 7. The normalized spacial score (nSPS) is 17.4. The van der Waals surface area contributed by atoms with Crippen molar-refractivity contribution in [3.63, 3.8) is 0 Å². The Kier molecular flexibility index (Phi) is 6.71. The largest absolute Gasteiger partial charge is 0.379 e. The minimum Gasteiger partial charge on any atom is -0.379 e. The number of nitrogens with two attached hydrogens (primary N) is 1. The monoisotopic (exact) mass is 291 g/mol. The summed E-state index contributed by atoms with van der Waals surface area (Å²) >= 11 is 0. The SMILES string of the molecule is CCOCCOCc1nc(C2(N)CCCC2)no1.Cl. The van der Waals surface area contributed by atoms with Gasteiger partial charge in [0.1, 0.15) is 6.61 Å². The lowest BCUT2D eigenvalue weighted by atomic mass is 9.99. The maximum Gasteiger partial charge on any atom is 0.252 e. The molecule has 7 heteroatoms. The summed E-state index contributed by atoms with van der Waals surface area (Å²) < 4.78 is 15.7. The van der Waals surface area contributed by atoms with Crippen molar-refractivity contribution in [2.24, 2.45) is 5.73 Å². The molecule has 1 saturated carbocycles. The Morgan fingerprint density at radius 3 is 2.63 bits per heavy atom. The summed E-state index contributed by atoms with van der Waals surface area (Å²) in [7, 11) is 0. The third-order valence-electron chi connectivity index (χ3n) is 3.21. The van der Waals surface area contributed by atoms with Gasteiger partial charge in [-0.2, -0.15) is 4.98 Å². The second-order valence-electron chi connectivity index (χ2n) is 4.62. The molecule has 0 atom stereocenters. The van der Waals surface area contributed by atoms with Crippen molar-refractivity contribution in [1.29, 1.82) is 0 Å². The van der Waals surface area contributed by atoms with Crippen LogP contribution in [0.2, 0.25) is 0 Å². The van der Waals surface area contributed by atoms with E-state index in [-0.39, 0.29) is 12.4 Å². The van der Waals surface area contributed by atoms with E-state index in [1.54, 1.807) is 0 Å². The molecule has 6 nitrogen and oxygen atoms in total. The van der Waals surface area contributed by atoms with E-state index >= 15 is 0 Å². The molecule has 2 rings (SSSR count). The molecule has 1 aliphatic rings. The highest BCUT2D eigenvalue weighted by Gasteiger charge is 2.35. The highest BCUT2D eigenvalue weighted by atomic mass is 35.5. The number of halogens is 1. The third kappa shape index (κ3) is 4.42. The molecule has 110 valence electrons. The Morgan fingerprint density at radius 1 is 1.26 bits per heavy atom. The first-order valence-corrected chi connectivity index (χ1v) is 6.52. The molecule has 2 N–H and O–H groups in total. The van der Waals surface area contributed by atoms with Gasteiger partial charge in [0, 0.05) is 6.61 Å². The van der Waals surface area contributed by atoms with Gasteiger partial charge in [-0.15, -0.1) is 12.4 Å². The van der Waals surface area contributed by atoms with Crippen molar-refractivity contribution in [3.8, 4) is 0 Å². The van der Waals surface area contributed by atoms with Crippen LogP contribution in [0.5, 0.6) is 0 Å². The first-order valence-electron chi connectivity index (χ1n) is 6.52. The smallest absolute Gasteiger partial charge is 0.252 e. The molecular formula is C12H22ClN3O3. The van der Waals surface area contributed by atoms with Gasteiger partial charge in [0.2, 0.25) is 0 Å². The van der Waals surface area contributed by atoms with Crippen molar-refractivity contribution < 1.29 is 14.0 Å². The van der Waals surface area contributed by atoms with E-state index in [0.29, 0.717) is 38.1 Å². The molecule has 0 aromatic carbocycles. The predicted molar refractivity (Wildman–Crippen MR) is 72.0 cm³/mol. The molecule has 0 bridgehead atoms. The average Bonchev–Trinajstić information content (AvgIpc) is 2.99. The van der Waals surface area contributed by atoms with E-state index in [2.05, 4.69) is 10.1 Å². The summed E-state index contributed by atoms with van der Waals surface area (Å²) in [6.45, 7) is 4.07. The van der Waals surface area contributed by atoms with E-state index in [4.69, 9.17) is 19.7 Å². The molecule has 1 heterocycles. The molecule has 19 heavy (non-hydrogen) atoms. The Hall–Kier alpha value is -0.690. The summed E-state index contributed by atoms with van der Waals surface area (Å²) in [6, 6.07) is 0. The minimum absolute atomic E-state index is 0. The van der Waals surface area contributed by atoms with Crippen LogP contribution in [-0.2, 0) is 21.6 Å². The van der Waals surface area contributed by atoms with Gasteiger partial charge in [0.05, 0.1) is 18.8 Å². The van der Waals surface area contributed by atoms with Gasteiger partial charge in [0.25, 0.3) is 5.89 Å². The summed E-state index contributed by atoms with van der Waals surface area (Å²) in [5.41, 5.74) is 5.85. The van der Waals surface area contributed by atoms with Crippen molar-refractivity contribution in [2.45, 2.75) is 44.8 Å². The summed E-state index contributed by atoms with van der Waals surface area (Å²) in [5.74, 6) is 1.10. The fourth-order valence-electron chi connectivity index (χ4n) is 2.17. The average molecular weight is 292 g/mol. The van der Waals surface area contributed by atoms with Crippen molar-refractivity contribution in [3.05, 3.63) is 11.7 Å². The lowest BCUT2D eigenvalue weighted by Gasteiger charge is -2.17. The van der Waals surface area contributed by atoms with Gasteiger partial charge in [-0.25, -0.2) is 0 Å². The van der Waals surface area contributed by atoms with Gasteiger partial charge in [-0.05, 0) is 19.8 Å². The van der Waals surface area contributed by atoms with Gasteiger partial charge >= 0.3 is 0 Å². The molecule has 1 aromatic heterocycles. The zero-order valence-electron chi connectivity index (χ0n) is 11.3. The number of aromatic nitrogens is 2. The maximum atomic E-state index is 6.24. The highest BCUT2D eigenvalue weighted by molar-refractivity contribution is 5.85. The van der Waals surface area contributed by atoms with Crippen molar-refractivity contribution in [2.75, 3.05) is 19.8 Å². The molecule has 1 fully saturated rings. The van der Waals surface area contributed by atoms with Gasteiger partial charge in [-0.1, -0.05) is 18.0 Å². The molecule has 0 amide bonds. The number of ether oxygens (including phenoxy) is 2. The van der Waals surface area contributed by atoms with E-state index in [9.17, 15) is 0 Å². The minimum atomic E-state index is -0.396. The molecule has 1 aliphatic carbocycles. The van der Waals surface area contributed by atoms with E-state index < -0.39 is 5.54 Å². The standard InChI is InChI=1S/C12H21N3O3.ClH/c1-2-16-7-8-17-9-10-14-11(15-18-10)12(13)5-3-4-6-12;/h2-9,13H2,1H3;1H. The summed E-state index contributed by atoms with van der Waals surface area (Å²) in [4.78, 5) is 4.31. The van der Waals surface area contributed by atoms with E-state index in [0.717, 1.165) is 25.7 Å². The summed E-state index contributed by atoms with van der Waals surface area (Å²) in [6.07, 6.45) is 4.12. The topological polar surface area (TPSA) is 83.4 Å². The molecule has 0 radical (unpaired) electrons. The molecule has 1 aromatic rings. The van der Waals surface area contributed by atoms with E-state index in [1.165, 1.54) is 0 Å². The quantitative estimate of drug-likeness (QED) is 0.771. The van der Waals surface area contributed by atoms with Crippen LogP contribution in [0.4, 0.5) is 0 Å². The van der Waals surface area contributed by atoms with Gasteiger partial charge < -0.3 is 19.7 Å². The predicted octanol–water partition coefficient (Wildman–Crippen LogP) is 1.77. The second-order valence-corrected chi connectivity index (χ2v) is 4.62. The molecular weight excluding hydrogens is 270 g/mol. The Morgan fingerprint density at radius 2 is 1.95 bits per heavy atom. The fraction of sp³-hybridized carbons (Fsp3) is 0.833. The van der Waals surface area contributed by atoms with Crippen LogP contribution in [0, 0.1) is 0 Å². The second kappa shape index (κ2) is 7.79. The first-order chi connectivity index (χ1) is 8.74. The van der Waals surface area contributed by atoms with Crippen LogP contribution in [-0.4, -0.2) is 30.0 Å². The van der Waals surface area contributed by atoms with Crippen LogP contribution in [0.15, 0.2) is 4.52 Å². The van der Waals surface area contributed by atoms with E-state index in [1.807, 2.05) is 6.92 Å². The molecule has 0 aliphatic heterocycles. The lowest BCUT2D eigenvalue weighted by Crippen LogP contribution is -2.34. The molecule has 0 saturated heterocycles. The molecule has 0 spiro atoms. The van der Waals surface area contributed by atoms with Crippen LogP contribution in [0.25, 0.3) is 0 Å². The highest BCUT2D eigenvalue weighted by Crippen LogP contribution is 2.34. The number of hydrogen-bond donors (Lipinski definition) is 1. The van der Waals surface area contributed by atoms with Crippen LogP contribution >= 0.6 is 12.4 Å². The van der Waals surface area contributed by atoms with Gasteiger partial charge in [0.15, 0.2) is 5.82 Å². The van der Waals surface area contributed by atoms with Gasteiger partial charge in [-0.3, -0.25) is 0 Å². The first kappa shape index (κ1) is 16.4. The zero-order chi connectivity index (χ0) is 12.8. The Balaban J connectivity index is 0.00000180. The van der Waals surface area contributed by atoms with Crippen molar-refractivity contribution >= 4 is 12.4 Å². The number of nitrogens with zero attached hydrogens (tertiary/aromatic N) is 2. The lowest BCUT2D eigenvalue weighted by molar-refractivity contribution is 0.0355. The Labute approximate surface area is 119 Å². The summed E-state index contributed by atoms with van der Waals surface area (Å²) in [5, 5.41) is 3.96. The van der Waals surface area contributed by atoms with Crippen LogP contribution in [0.3, 0.4) is 0 Å². The number of hydrogen-bond acceptors (Lipinski definition) is 6. The van der Waals surface area contributed by atoms with Crippen molar-refractivity contribution in [1.82, 2.24) is 10.1 Å². The zero-order valence-corrected chi connectivity index (χ0v) is 12.1. The van der Waals surface area contributed by atoms with Crippen LogP contribution < -0.4 is 5.73 Å².